The average Bonchev–Trinajstić information content (AvgIpc) is 2.35. The molecule has 1 amide bonds. The maximum Gasteiger partial charge on any atom is 0.229 e. The lowest BCUT2D eigenvalue weighted by atomic mass is 10.3. The summed E-state index contributed by atoms with van der Waals surface area (Å²) in [6, 6.07) is 7.34. The fourth-order valence-electron chi connectivity index (χ4n) is 1.15. The highest BCUT2D eigenvalue weighted by atomic mass is 32.2. The van der Waals surface area contributed by atoms with Crippen LogP contribution in [0.3, 0.4) is 0 Å². The number of amides is 1. The van der Waals surface area contributed by atoms with E-state index in [1.807, 2.05) is 24.3 Å². The molecule has 0 atom stereocenters. The molecule has 1 aromatic carbocycles. The van der Waals surface area contributed by atoms with Crippen LogP contribution in [0.5, 0.6) is 5.75 Å². The molecule has 17 heavy (non-hydrogen) atoms. The summed E-state index contributed by atoms with van der Waals surface area (Å²) in [5.41, 5.74) is 6.30. The fraction of sp³-hybridized carbons (Fsp3) is 0.417. The molecule has 4 nitrogen and oxygen atoms in total. The highest BCUT2D eigenvalue weighted by Gasteiger charge is 1.98. The van der Waals surface area contributed by atoms with Gasteiger partial charge in [0.1, 0.15) is 5.75 Å². The largest absolute Gasteiger partial charge is 0.494 e. The Labute approximate surface area is 106 Å². The number of rotatable bonds is 7. The number of thioether (sulfide) groups is 1. The fourth-order valence-corrected chi connectivity index (χ4v) is 1.95. The number of carbonyl (C=O) groups excluding carboxylic acids is 1. The van der Waals surface area contributed by atoms with Crippen LogP contribution < -0.4 is 15.8 Å². The highest BCUT2D eigenvalue weighted by Crippen LogP contribution is 2.13. The van der Waals surface area contributed by atoms with Gasteiger partial charge in [0.15, 0.2) is 0 Å². The molecule has 0 saturated carbocycles. The van der Waals surface area contributed by atoms with Gasteiger partial charge in [-0.05, 0) is 36.4 Å². The number of hydrogen-bond acceptors (Lipinski definition) is 4. The topological polar surface area (TPSA) is 64.3 Å². The van der Waals surface area contributed by atoms with Crippen LogP contribution in [-0.4, -0.2) is 31.1 Å². The summed E-state index contributed by atoms with van der Waals surface area (Å²) >= 11 is 1.61. The monoisotopic (exact) mass is 254 g/mol. The zero-order chi connectivity index (χ0) is 12.5. The van der Waals surface area contributed by atoms with Gasteiger partial charge in [-0.2, -0.15) is 11.8 Å². The summed E-state index contributed by atoms with van der Waals surface area (Å²) in [6.45, 7) is 0.657. The first-order valence-corrected chi connectivity index (χ1v) is 6.64. The first-order valence-electron chi connectivity index (χ1n) is 5.49. The van der Waals surface area contributed by atoms with Crippen molar-refractivity contribution >= 4 is 23.4 Å². The van der Waals surface area contributed by atoms with Gasteiger partial charge in [0.05, 0.1) is 12.4 Å². The van der Waals surface area contributed by atoms with E-state index in [0.29, 0.717) is 12.4 Å². The number of benzene rings is 1. The third-order valence-electron chi connectivity index (χ3n) is 2.09. The second-order valence-electron chi connectivity index (χ2n) is 3.50. The van der Waals surface area contributed by atoms with E-state index in [4.69, 9.17) is 10.5 Å². The van der Waals surface area contributed by atoms with Gasteiger partial charge >= 0.3 is 0 Å². The third-order valence-corrected chi connectivity index (χ3v) is 3.14. The first kappa shape index (κ1) is 13.7. The minimum absolute atomic E-state index is 0.0643. The van der Waals surface area contributed by atoms with Crippen LogP contribution in [0.25, 0.3) is 0 Å². The second kappa shape index (κ2) is 7.84. The molecule has 0 aliphatic carbocycles. The molecule has 0 bridgehead atoms. The molecule has 3 N–H and O–H groups in total. The summed E-state index contributed by atoms with van der Waals surface area (Å²) < 4.78 is 5.52. The smallest absolute Gasteiger partial charge is 0.229 e. The molecular formula is C12H18N2O2S. The van der Waals surface area contributed by atoms with Crippen molar-refractivity contribution in [1.29, 1.82) is 0 Å². The average molecular weight is 254 g/mol. The maximum atomic E-state index is 10.9. The van der Waals surface area contributed by atoms with E-state index in [2.05, 4.69) is 5.32 Å². The minimum atomic E-state index is 0.0643. The molecule has 0 spiro atoms. The minimum Gasteiger partial charge on any atom is -0.494 e. The van der Waals surface area contributed by atoms with Gasteiger partial charge in [-0.1, -0.05) is 0 Å². The molecule has 0 heterocycles. The molecule has 0 aliphatic heterocycles. The van der Waals surface area contributed by atoms with E-state index < -0.39 is 0 Å². The van der Waals surface area contributed by atoms with Crippen LogP contribution >= 0.6 is 11.8 Å². The summed E-state index contributed by atoms with van der Waals surface area (Å²) in [7, 11) is 1.65. The van der Waals surface area contributed by atoms with Crippen LogP contribution in [0.4, 0.5) is 5.69 Å². The van der Waals surface area contributed by atoms with Crippen molar-refractivity contribution in [3.8, 4) is 5.75 Å². The van der Waals surface area contributed by atoms with E-state index in [0.717, 1.165) is 23.6 Å². The van der Waals surface area contributed by atoms with Crippen molar-refractivity contribution < 1.29 is 9.53 Å². The van der Waals surface area contributed by atoms with E-state index in [9.17, 15) is 4.79 Å². The number of nitrogen functional groups attached to an aromatic ring is 1. The standard InChI is InChI=1S/C12H18N2O2S/c1-14-12(15)9-17-8-2-7-16-11-5-3-10(13)4-6-11/h3-6H,2,7-9,13H2,1H3,(H,14,15). The zero-order valence-corrected chi connectivity index (χ0v) is 10.8. The number of carbonyl (C=O) groups is 1. The maximum absolute atomic E-state index is 10.9. The van der Waals surface area contributed by atoms with Crippen molar-refractivity contribution in [3.05, 3.63) is 24.3 Å². The predicted molar refractivity (Wildman–Crippen MR) is 72.4 cm³/mol. The van der Waals surface area contributed by atoms with Gasteiger partial charge in [-0.25, -0.2) is 0 Å². The Balaban J connectivity index is 2.04. The molecule has 0 aliphatic rings. The molecular weight excluding hydrogens is 236 g/mol. The van der Waals surface area contributed by atoms with Gasteiger partial charge in [0, 0.05) is 12.7 Å². The summed E-state index contributed by atoms with van der Waals surface area (Å²) in [6.07, 6.45) is 0.923. The first-order chi connectivity index (χ1) is 8.22. The van der Waals surface area contributed by atoms with E-state index in [1.54, 1.807) is 18.8 Å². The lowest BCUT2D eigenvalue weighted by Crippen LogP contribution is -2.20. The van der Waals surface area contributed by atoms with E-state index in [1.165, 1.54) is 0 Å². The van der Waals surface area contributed by atoms with Crippen LogP contribution in [-0.2, 0) is 4.79 Å². The van der Waals surface area contributed by atoms with Gasteiger partial charge in [-0.3, -0.25) is 4.79 Å². The van der Waals surface area contributed by atoms with Gasteiger partial charge < -0.3 is 15.8 Å². The Morgan fingerprint density at radius 2 is 2.12 bits per heavy atom. The highest BCUT2D eigenvalue weighted by molar-refractivity contribution is 7.99. The summed E-state index contributed by atoms with van der Waals surface area (Å²) in [5.74, 6) is 2.32. The molecule has 0 fully saturated rings. The van der Waals surface area contributed by atoms with Crippen LogP contribution in [0, 0.1) is 0 Å². The second-order valence-corrected chi connectivity index (χ2v) is 4.60. The third kappa shape index (κ3) is 6.06. The Morgan fingerprint density at radius 1 is 1.41 bits per heavy atom. The lowest BCUT2D eigenvalue weighted by molar-refractivity contribution is -0.118. The number of anilines is 1. The molecule has 94 valence electrons. The van der Waals surface area contributed by atoms with E-state index in [-0.39, 0.29) is 5.91 Å². The molecule has 1 aromatic rings. The zero-order valence-electron chi connectivity index (χ0n) is 9.94. The lowest BCUT2D eigenvalue weighted by Gasteiger charge is -2.06. The van der Waals surface area contributed by atoms with E-state index >= 15 is 0 Å². The number of nitrogens with one attached hydrogen (secondary N) is 1. The Morgan fingerprint density at radius 3 is 2.76 bits per heavy atom. The Hall–Kier alpha value is -1.36. The number of nitrogens with two attached hydrogens (primary N) is 1. The molecule has 0 radical (unpaired) electrons. The van der Waals surface area contributed by atoms with Crippen LogP contribution in [0.2, 0.25) is 0 Å². The summed E-state index contributed by atoms with van der Waals surface area (Å²) in [5, 5.41) is 2.58. The van der Waals surface area contributed by atoms with Gasteiger partial charge in [-0.15, -0.1) is 0 Å². The van der Waals surface area contributed by atoms with Gasteiger partial charge in [0.25, 0.3) is 0 Å². The molecule has 0 aromatic heterocycles. The van der Waals surface area contributed by atoms with Gasteiger partial charge in [0.2, 0.25) is 5.91 Å². The number of hydrogen-bond donors (Lipinski definition) is 2. The molecule has 5 heteroatoms. The van der Waals surface area contributed by atoms with Crippen molar-refractivity contribution in [2.45, 2.75) is 6.42 Å². The van der Waals surface area contributed by atoms with Crippen molar-refractivity contribution in [3.63, 3.8) is 0 Å². The van der Waals surface area contributed by atoms with Crippen LogP contribution in [0.15, 0.2) is 24.3 Å². The number of ether oxygens (including phenoxy) is 1. The summed E-state index contributed by atoms with van der Waals surface area (Å²) in [4.78, 5) is 10.9. The van der Waals surface area contributed by atoms with Crippen molar-refractivity contribution in [2.75, 3.05) is 30.9 Å². The molecule has 1 rings (SSSR count). The SMILES string of the molecule is CNC(=O)CSCCCOc1ccc(N)cc1. The quantitative estimate of drug-likeness (QED) is 0.572. The Kier molecular flexibility index (Phi) is 6.32. The molecule has 0 unspecified atom stereocenters. The van der Waals surface area contributed by atoms with Crippen LogP contribution in [0.1, 0.15) is 6.42 Å². The van der Waals surface area contributed by atoms with Crippen molar-refractivity contribution in [2.24, 2.45) is 0 Å². The van der Waals surface area contributed by atoms with Crippen molar-refractivity contribution in [1.82, 2.24) is 5.32 Å². The normalized spacial score (nSPS) is 9.94. The Bertz CT molecular complexity index is 341. The molecule has 0 saturated heterocycles. The predicted octanol–water partition coefficient (Wildman–Crippen LogP) is 1.52.